The van der Waals surface area contributed by atoms with Gasteiger partial charge in [-0.2, -0.15) is 16.8 Å². The summed E-state index contributed by atoms with van der Waals surface area (Å²) in [7, 11) is -5.95. The fourth-order valence-electron chi connectivity index (χ4n) is 2.73. The number of rotatable bonds is 4. The summed E-state index contributed by atoms with van der Waals surface area (Å²) in [4.78, 5) is -0.404. The molecule has 0 aliphatic rings. The van der Waals surface area contributed by atoms with Crippen molar-refractivity contribution in [3.63, 3.8) is 0 Å². The standard InChI is InChI=1S/C18H15O6PS2.K.2H2O.H/c19-26(20,21)14-8-4-12(5-9-14)16-2-1-3-17(25)18(16)13-6-10-15(11-7-13)27(22,23)24;;;;/h1-11H,25H2,(H,19,20,21)(H,22,23,24);;2*1H2;. The molecule has 0 heterocycles. The van der Waals surface area contributed by atoms with Crippen LogP contribution in [0.4, 0.5) is 0 Å². The van der Waals surface area contributed by atoms with E-state index in [4.69, 9.17) is 9.11 Å². The molecule has 0 saturated heterocycles. The van der Waals surface area contributed by atoms with Crippen LogP contribution >= 0.6 is 9.24 Å². The van der Waals surface area contributed by atoms with Crippen molar-refractivity contribution in [2.45, 2.75) is 9.79 Å². The van der Waals surface area contributed by atoms with Gasteiger partial charge in [-0.3, -0.25) is 9.11 Å². The molecule has 6 N–H and O–H groups in total. The van der Waals surface area contributed by atoms with Gasteiger partial charge >= 0.3 is 51.4 Å². The molecule has 0 aliphatic carbocycles. The number of benzene rings is 3. The maximum atomic E-state index is 11.2. The minimum atomic E-state index is -4.28. The first kappa shape index (κ1) is 29.5. The molecule has 0 bridgehead atoms. The summed E-state index contributed by atoms with van der Waals surface area (Å²) in [5.41, 5.74) is 3.05. The van der Waals surface area contributed by atoms with Crippen molar-refractivity contribution in [1.82, 2.24) is 0 Å². The molecule has 12 heteroatoms. The third-order valence-corrected chi connectivity index (χ3v) is 6.22. The Morgan fingerprint density at radius 2 is 1.03 bits per heavy atom. The van der Waals surface area contributed by atoms with Gasteiger partial charge in [-0.1, -0.05) is 42.5 Å². The van der Waals surface area contributed by atoms with E-state index in [1.54, 1.807) is 24.3 Å². The zero-order valence-corrected chi connectivity index (χ0v) is 17.6. The van der Waals surface area contributed by atoms with Gasteiger partial charge in [0.25, 0.3) is 20.2 Å². The molecule has 1 unspecified atom stereocenters. The average molecular weight is 499 g/mol. The Hall–Kier alpha value is -0.534. The first-order chi connectivity index (χ1) is 12.6. The van der Waals surface area contributed by atoms with E-state index in [0.717, 1.165) is 27.6 Å². The van der Waals surface area contributed by atoms with Crippen LogP contribution in [-0.4, -0.2) is 88.3 Å². The van der Waals surface area contributed by atoms with Crippen molar-refractivity contribution in [2.24, 2.45) is 0 Å². The molecule has 1 atom stereocenters. The Morgan fingerprint density at radius 1 is 0.633 bits per heavy atom. The molecule has 8 nitrogen and oxygen atoms in total. The molecule has 158 valence electrons. The first-order valence-corrected chi connectivity index (χ1v) is 11.1. The van der Waals surface area contributed by atoms with E-state index < -0.39 is 20.2 Å². The second-order valence-corrected chi connectivity index (χ2v) is 9.23. The maximum absolute atomic E-state index is 11.2. The monoisotopic (exact) mass is 498 g/mol. The van der Waals surface area contributed by atoms with Gasteiger partial charge in [-0.25, -0.2) is 0 Å². The van der Waals surface area contributed by atoms with Gasteiger partial charge in [0, 0.05) is 0 Å². The topological polar surface area (TPSA) is 172 Å². The van der Waals surface area contributed by atoms with Crippen molar-refractivity contribution in [2.75, 3.05) is 0 Å². The molecule has 30 heavy (non-hydrogen) atoms. The number of hydrogen-bond donors (Lipinski definition) is 2. The van der Waals surface area contributed by atoms with E-state index in [9.17, 15) is 16.8 Å². The molecule has 3 aromatic carbocycles. The molecule has 0 spiro atoms. The minimum absolute atomic E-state index is 0. The summed E-state index contributed by atoms with van der Waals surface area (Å²) >= 11 is 0. The Labute approximate surface area is 219 Å². The predicted octanol–water partition coefficient (Wildman–Crippen LogP) is 0.716. The molecule has 0 radical (unpaired) electrons. The average Bonchev–Trinajstić information content (AvgIpc) is 2.60. The number of hydrogen-bond acceptors (Lipinski definition) is 4. The molecule has 0 amide bonds. The molecular weight excluding hydrogens is 478 g/mol. The summed E-state index contributed by atoms with van der Waals surface area (Å²) in [5.74, 6) is 0. The Morgan fingerprint density at radius 3 is 1.43 bits per heavy atom. The van der Waals surface area contributed by atoms with Gasteiger partial charge in [-0.15, -0.1) is 9.24 Å². The third-order valence-electron chi connectivity index (χ3n) is 4.00. The van der Waals surface area contributed by atoms with E-state index in [1.807, 2.05) is 18.2 Å². The van der Waals surface area contributed by atoms with Crippen molar-refractivity contribution < 1.29 is 36.9 Å². The Kier molecular flexibility index (Phi) is 11.2. The van der Waals surface area contributed by atoms with Gasteiger partial charge < -0.3 is 11.0 Å². The fraction of sp³-hybridized carbons (Fsp3) is 0. The molecule has 3 rings (SSSR count). The normalized spacial score (nSPS) is 10.9. The fourth-order valence-corrected chi connectivity index (χ4v) is 4.13. The van der Waals surface area contributed by atoms with Crippen LogP contribution in [-0.2, 0) is 20.2 Å². The summed E-state index contributed by atoms with van der Waals surface area (Å²) in [6.07, 6.45) is 0. The second-order valence-electron chi connectivity index (χ2n) is 5.77. The first-order valence-electron chi connectivity index (χ1n) is 7.62. The van der Waals surface area contributed by atoms with Crippen LogP contribution < -0.4 is 5.30 Å². The van der Waals surface area contributed by atoms with Crippen LogP contribution in [0.1, 0.15) is 0 Å². The van der Waals surface area contributed by atoms with E-state index in [0.29, 0.717) is 0 Å². The van der Waals surface area contributed by atoms with Gasteiger partial charge in [0.05, 0.1) is 9.79 Å². The summed E-state index contributed by atoms with van der Waals surface area (Å²) < 4.78 is 63.1. The molecule has 0 aromatic heterocycles. The van der Waals surface area contributed by atoms with E-state index >= 15 is 0 Å². The zero-order chi connectivity index (χ0) is 19.8. The van der Waals surface area contributed by atoms with E-state index in [2.05, 4.69) is 9.24 Å². The third kappa shape index (κ3) is 6.73. The zero-order valence-electron chi connectivity index (χ0n) is 14.8. The van der Waals surface area contributed by atoms with Crippen LogP contribution in [0.25, 0.3) is 22.3 Å². The predicted molar refractivity (Wildman–Crippen MR) is 121 cm³/mol. The Balaban J connectivity index is 0.00000280. The van der Waals surface area contributed by atoms with Crippen LogP contribution in [0.3, 0.4) is 0 Å². The quantitative estimate of drug-likeness (QED) is 0.305. The summed E-state index contributed by atoms with van der Waals surface area (Å²) in [6, 6.07) is 17.1. The van der Waals surface area contributed by atoms with Gasteiger partial charge in [0.1, 0.15) is 0 Å². The molecule has 3 aromatic rings. The van der Waals surface area contributed by atoms with Crippen LogP contribution in [0.15, 0.2) is 76.5 Å². The van der Waals surface area contributed by atoms with Gasteiger partial charge in [0.15, 0.2) is 0 Å². The Bertz CT molecular complexity index is 1210. The molecule has 0 saturated carbocycles. The van der Waals surface area contributed by atoms with E-state index in [-0.39, 0.29) is 72.1 Å². The van der Waals surface area contributed by atoms with Crippen LogP contribution in [0.2, 0.25) is 0 Å². The second kappa shape index (κ2) is 11.4. The van der Waals surface area contributed by atoms with Crippen LogP contribution in [0.5, 0.6) is 0 Å². The van der Waals surface area contributed by atoms with Crippen LogP contribution in [0, 0.1) is 0 Å². The van der Waals surface area contributed by atoms with Crippen molar-refractivity contribution in [3.8, 4) is 22.3 Å². The van der Waals surface area contributed by atoms with Crippen molar-refractivity contribution >= 4 is 86.2 Å². The van der Waals surface area contributed by atoms with Crippen molar-refractivity contribution in [3.05, 3.63) is 66.7 Å². The SMILES string of the molecule is O.O.O=S(=O)(O)c1ccc(-c2cccc(P)c2-c2ccc(S(=O)(=O)O)cc2)cc1.[KH]. The summed E-state index contributed by atoms with van der Waals surface area (Å²) in [5, 5.41) is 0.853. The summed E-state index contributed by atoms with van der Waals surface area (Å²) in [6.45, 7) is 0. The van der Waals surface area contributed by atoms with E-state index in [1.165, 1.54) is 24.3 Å². The molecule has 0 aliphatic heterocycles. The van der Waals surface area contributed by atoms with Gasteiger partial charge in [0.2, 0.25) is 0 Å². The molecule has 0 fully saturated rings. The van der Waals surface area contributed by atoms with Gasteiger partial charge in [-0.05, 0) is 51.8 Å². The molecular formula is C18H20KO8PS2. The van der Waals surface area contributed by atoms with Crippen molar-refractivity contribution in [1.29, 1.82) is 0 Å².